The van der Waals surface area contributed by atoms with Crippen LogP contribution in [0.25, 0.3) is 0 Å². The van der Waals surface area contributed by atoms with E-state index in [1.54, 1.807) is 4.98 Å². The molecule has 0 aromatic carbocycles. The molecule has 2 heterocycles. The smallest absolute Gasteiger partial charge is 0.385 e. The number of alkyl halides is 3. The molecule has 1 aliphatic rings. The number of H-pyrrole nitrogens is 1. The Morgan fingerprint density at radius 2 is 2.00 bits per heavy atom. The van der Waals surface area contributed by atoms with E-state index < -0.39 is 41.6 Å². The molecule has 8 nitrogen and oxygen atoms in total. The van der Waals surface area contributed by atoms with E-state index >= 15 is 0 Å². The number of rotatable bonds is 2. The summed E-state index contributed by atoms with van der Waals surface area (Å²) < 4.78 is 43.8. The molecule has 112 valence electrons. The maximum atomic E-state index is 13.8. The summed E-state index contributed by atoms with van der Waals surface area (Å²) in [5, 5.41) is 27.1. The molecule has 1 fully saturated rings. The van der Waals surface area contributed by atoms with Gasteiger partial charge in [-0.25, -0.2) is 4.79 Å². The minimum Gasteiger partial charge on any atom is -0.385 e. The molecule has 11 heteroatoms. The van der Waals surface area contributed by atoms with E-state index in [-0.39, 0.29) is 0 Å². The average Bonchev–Trinajstić information content (AvgIpc) is 2.54. The topological polar surface area (TPSA) is 125 Å². The van der Waals surface area contributed by atoms with Gasteiger partial charge in [-0.15, -0.1) is 0 Å². The number of ether oxygens (including phenoxy) is 1. The van der Waals surface area contributed by atoms with Crippen molar-refractivity contribution in [1.29, 1.82) is 0 Å². The highest BCUT2D eigenvalue weighted by atomic mass is 19.3. The van der Waals surface area contributed by atoms with Crippen LogP contribution >= 0.6 is 0 Å². The molecule has 2 rings (SSSR count). The fourth-order valence-electron chi connectivity index (χ4n) is 1.79. The molecule has 0 amide bonds. The summed E-state index contributed by atoms with van der Waals surface area (Å²) in [4.78, 5) is 24.0. The summed E-state index contributed by atoms with van der Waals surface area (Å²) in [7, 11) is 0. The van der Waals surface area contributed by atoms with E-state index in [0.29, 0.717) is 4.57 Å². The van der Waals surface area contributed by atoms with Gasteiger partial charge in [0, 0.05) is 12.3 Å². The number of nitrogens with zero attached hydrogens (tertiary/aromatic N) is 1. The van der Waals surface area contributed by atoms with Crippen LogP contribution in [-0.2, 0) is 4.74 Å². The van der Waals surface area contributed by atoms with Crippen molar-refractivity contribution >= 4 is 0 Å². The van der Waals surface area contributed by atoms with Gasteiger partial charge in [0.1, 0.15) is 6.10 Å². The van der Waals surface area contributed by atoms with Crippen LogP contribution in [0.3, 0.4) is 0 Å². The van der Waals surface area contributed by atoms with Crippen LogP contribution in [0.4, 0.5) is 13.2 Å². The molecule has 0 bridgehead atoms. The lowest BCUT2D eigenvalue weighted by Crippen LogP contribution is -2.53. The molecule has 1 saturated heterocycles. The van der Waals surface area contributed by atoms with E-state index in [2.05, 4.69) is 4.74 Å². The Hall–Kier alpha value is -1.69. The lowest BCUT2D eigenvalue weighted by atomic mass is 10.1. The van der Waals surface area contributed by atoms with Gasteiger partial charge in [-0.05, 0) is 0 Å². The summed E-state index contributed by atoms with van der Waals surface area (Å²) in [5.41, 5.74) is -2.00. The maximum Gasteiger partial charge on any atom is 0.415 e. The maximum absolute atomic E-state index is 13.8. The number of nitrogens with one attached hydrogen (secondary N) is 1. The molecule has 20 heavy (non-hydrogen) atoms. The quantitative estimate of drug-likeness (QED) is 0.502. The molecule has 0 unspecified atom stereocenters. The molecule has 1 aromatic heterocycles. The predicted molar refractivity (Wildman–Crippen MR) is 54.5 cm³/mol. The van der Waals surface area contributed by atoms with Gasteiger partial charge in [0.15, 0.2) is 12.3 Å². The van der Waals surface area contributed by atoms with Crippen molar-refractivity contribution in [1.82, 2.24) is 9.55 Å². The minimum atomic E-state index is -5.12. The van der Waals surface area contributed by atoms with E-state index in [0.717, 1.165) is 12.3 Å². The van der Waals surface area contributed by atoms with E-state index in [1.165, 1.54) is 0 Å². The zero-order valence-corrected chi connectivity index (χ0v) is 9.53. The molecule has 0 spiro atoms. The van der Waals surface area contributed by atoms with Crippen LogP contribution in [0.15, 0.2) is 21.9 Å². The largest absolute Gasteiger partial charge is 0.415 e. The van der Waals surface area contributed by atoms with Crippen molar-refractivity contribution in [2.75, 3.05) is 0 Å². The van der Waals surface area contributed by atoms with Crippen LogP contribution in [-0.4, -0.2) is 49.0 Å². The molecule has 1 aliphatic heterocycles. The summed E-state index contributed by atoms with van der Waals surface area (Å²) >= 11 is 0. The fourth-order valence-corrected chi connectivity index (χ4v) is 1.79. The molecule has 0 saturated carbocycles. The molecule has 0 radical (unpaired) electrons. The molecule has 0 aliphatic carbocycles. The third kappa shape index (κ3) is 2.04. The van der Waals surface area contributed by atoms with Gasteiger partial charge in [-0.2, -0.15) is 13.2 Å². The zero-order chi connectivity index (χ0) is 15.3. The van der Waals surface area contributed by atoms with Crippen molar-refractivity contribution in [3.63, 3.8) is 0 Å². The number of halogens is 3. The second kappa shape index (κ2) is 4.41. The van der Waals surface area contributed by atoms with Gasteiger partial charge < -0.3 is 20.1 Å². The van der Waals surface area contributed by atoms with Crippen molar-refractivity contribution in [3.05, 3.63) is 33.1 Å². The van der Waals surface area contributed by atoms with Gasteiger partial charge in [-0.3, -0.25) is 14.3 Å². The van der Waals surface area contributed by atoms with E-state index in [9.17, 15) is 33.0 Å². The molecular formula is C9H9F3N2O6. The van der Waals surface area contributed by atoms with Gasteiger partial charge >= 0.3 is 17.7 Å². The monoisotopic (exact) mass is 298 g/mol. The lowest BCUT2D eigenvalue weighted by Gasteiger charge is -2.26. The van der Waals surface area contributed by atoms with Crippen LogP contribution in [0.1, 0.15) is 6.23 Å². The van der Waals surface area contributed by atoms with Crippen molar-refractivity contribution < 1.29 is 33.2 Å². The van der Waals surface area contributed by atoms with Crippen molar-refractivity contribution in [2.24, 2.45) is 0 Å². The first-order chi connectivity index (χ1) is 9.08. The van der Waals surface area contributed by atoms with Crippen LogP contribution in [0, 0.1) is 0 Å². The first kappa shape index (κ1) is 14.7. The second-order valence-corrected chi connectivity index (χ2v) is 4.15. The zero-order valence-electron chi connectivity index (χ0n) is 9.53. The Bertz CT molecular complexity index is 625. The average molecular weight is 298 g/mol. The first-order valence-corrected chi connectivity index (χ1v) is 5.22. The summed E-state index contributed by atoms with van der Waals surface area (Å²) in [6.45, 7) is 0. The number of aromatic amines is 1. The Morgan fingerprint density at radius 3 is 2.45 bits per heavy atom. The summed E-state index contributed by atoms with van der Waals surface area (Å²) in [6.07, 6.45) is -11.5. The van der Waals surface area contributed by atoms with E-state index in [1.807, 2.05) is 0 Å². The summed E-state index contributed by atoms with van der Waals surface area (Å²) in [6, 6.07) is 0.791. The highest BCUT2D eigenvalue weighted by molar-refractivity contribution is 5.00. The second-order valence-electron chi connectivity index (χ2n) is 4.15. The van der Waals surface area contributed by atoms with Crippen molar-refractivity contribution in [2.45, 2.75) is 30.4 Å². The highest BCUT2D eigenvalue weighted by Crippen LogP contribution is 2.45. The number of hydrogen-bond donors (Lipinski definition) is 4. The predicted octanol–water partition coefficient (Wildman–Crippen LogP) is -1.96. The van der Waals surface area contributed by atoms with E-state index in [4.69, 9.17) is 5.11 Å². The fraction of sp³-hybridized carbons (Fsp3) is 0.556. The van der Waals surface area contributed by atoms with Crippen LogP contribution in [0.5, 0.6) is 0 Å². The Kier molecular flexibility index (Phi) is 3.25. The molecular weight excluding hydrogens is 289 g/mol. The van der Waals surface area contributed by atoms with Gasteiger partial charge in [-0.1, -0.05) is 0 Å². The Morgan fingerprint density at radius 1 is 1.40 bits per heavy atom. The number of aromatic nitrogens is 2. The summed E-state index contributed by atoms with van der Waals surface area (Å²) in [5.74, 6) is -4.30. The van der Waals surface area contributed by atoms with Gasteiger partial charge in [0.2, 0.25) is 0 Å². The van der Waals surface area contributed by atoms with Gasteiger partial charge in [0.05, 0.1) is 0 Å². The highest BCUT2D eigenvalue weighted by Gasteiger charge is 2.69. The third-order valence-corrected chi connectivity index (χ3v) is 2.82. The minimum absolute atomic E-state index is 0.391. The Labute approximate surface area is 107 Å². The van der Waals surface area contributed by atoms with Crippen molar-refractivity contribution in [3.8, 4) is 0 Å². The standard InChI is InChI=1S/C9H9F3N2O6/c10-8(9(11,12)19)5(17)4(16)6(20-8)14-2-1-3(15)13-7(14)18/h1-2,4-6,16-17,19H,(H,13,15,18)/t4-,5+,6-,8+/m1/s1. The third-order valence-electron chi connectivity index (χ3n) is 2.82. The Balaban J connectivity index is 2.46. The van der Waals surface area contributed by atoms with Crippen LogP contribution < -0.4 is 11.2 Å². The van der Waals surface area contributed by atoms with Crippen LogP contribution in [0.2, 0.25) is 0 Å². The SMILES string of the molecule is O=c1ccn([C@@H]2O[C@](F)(C(O)(F)F)[C@@H](O)[C@H]2O)c(=O)[nH]1. The molecule has 4 N–H and O–H groups in total. The first-order valence-electron chi connectivity index (χ1n) is 5.22. The number of aliphatic hydroxyl groups is 3. The lowest BCUT2D eigenvalue weighted by molar-refractivity contribution is -0.380. The van der Waals surface area contributed by atoms with Gasteiger partial charge in [0.25, 0.3) is 5.56 Å². The normalized spacial score (nSPS) is 34.4. The number of aliphatic hydroxyl groups excluding tert-OH is 2. The molecule has 4 atom stereocenters. The molecule has 1 aromatic rings. The number of hydrogen-bond acceptors (Lipinski definition) is 6.